The van der Waals surface area contributed by atoms with Crippen LogP contribution in [0.2, 0.25) is 0 Å². The summed E-state index contributed by atoms with van der Waals surface area (Å²) in [6, 6.07) is 1.98. The second-order valence-electron chi connectivity index (χ2n) is 16.5. The molecule has 2 saturated carbocycles. The van der Waals surface area contributed by atoms with E-state index in [0.29, 0.717) is 43.2 Å². The second-order valence-corrected chi connectivity index (χ2v) is 18.4. The van der Waals surface area contributed by atoms with E-state index in [1.165, 1.54) is 26.8 Å². The van der Waals surface area contributed by atoms with Crippen LogP contribution in [0.3, 0.4) is 0 Å². The summed E-state index contributed by atoms with van der Waals surface area (Å²) in [5.41, 5.74) is -1.11. The normalized spacial score (nSPS) is 28.8. The van der Waals surface area contributed by atoms with E-state index in [0.717, 1.165) is 0 Å². The Labute approximate surface area is 327 Å². The number of carbonyl (C=O) groups is 5. The van der Waals surface area contributed by atoms with Gasteiger partial charge in [-0.05, 0) is 83.4 Å². The Balaban J connectivity index is 1.30. The van der Waals surface area contributed by atoms with Crippen LogP contribution in [-0.4, -0.2) is 114 Å². The van der Waals surface area contributed by atoms with Gasteiger partial charge in [0.25, 0.3) is 5.91 Å². The number of halogens is 1. The van der Waals surface area contributed by atoms with Crippen molar-refractivity contribution in [2.75, 3.05) is 20.3 Å². The number of rotatable bonds is 9. The van der Waals surface area contributed by atoms with Gasteiger partial charge in [-0.2, -0.15) is 0 Å². The van der Waals surface area contributed by atoms with Crippen LogP contribution in [0.5, 0.6) is 0 Å². The molecule has 306 valence electrons. The molecule has 0 spiro atoms. The summed E-state index contributed by atoms with van der Waals surface area (Å²) in [5, 5.41) is 5.34. The Hall–Kier alpha value is -4.35. The van der Waals surface area contributed by atoms with E-state index in [9.17, 15) is 36.8 Å². The molecule has 6 rings (SSSR count). The van der Waals surface area contributed by atoms with Crippen molar-refractivity contribution in [1.29, 1.82) is 0 Å². The lowest BCUT2D eigenvalue weighted by Gasteiger charge is -2.34. The van der Waals surface area contributed by atoms with Crippen LogP contribution >= 0.6 is 0 Å². The van der Waals surface area contributed by atoms with Crippen LogP contribution in [0.1, 0.15) is 83.3 Å². The zero-order valence-corrected chi connectivity index (χ0v) is 33.2. The van der Waals surface area contributed by atoms with Crippen molar-refractivity contribution in [3.05, 3.63) is 60.0 Å². The number of allylic oxidation sites excluding steroid dienone is 1. The maximum Gasteiger partial charge on any atom is 0.410 e. The number of nitrogens with one attached hydrogen (secondary N) is 3. The van der Waals surface area contributed by atoms with Crippen molar-refractivity contribution in [3.63, 3.8) is 0 Å². The van der Waals surface area contributed by atoms with Crippen molar-refractivity contribution in [2.45, 2.75) is 126 Å². The van der Waals surface area contributed by atoms with Gasteiger partial charge in [0, 0.05) is 37.5 Å². The molecule has 1 aromatic rings. The molecule has 1 aromatic carbocycles. The molecule has 3 heterocycles. The third-order valence-electron chi connectivity index (χ3n) is 11.3. The number of hydrogen-bond acceptors (Lipinski definition) is 10. The summed E-state index contributed by atoms with van der Waals surface area (Å²) in [4.78, 5) is 73.5. The van der Waals surface area contributed by atoms with Crippen LogP contribution in [-0.2, 0) is 51.8 Å². The fourth-order valence-corrected chi connectivity index (χ4v) is 9.06. The van der Waals surface area contributed by atoms with Gasteiger partial charge in [-0.1, -0.05) is 30.9 Å². The Bertz CT molecular complexity index is 1880. The van der Waals surface area contributed by atoms with E-state index >= 15 is 0 Å². The average molecular weight is 801 g/mol. The fourth-order valence-electron chi connectivity index (χ4n) is 7.70. The van der Waals surface area contributed by atoms with E-state index in [1.807, 2.05) is 26.8 Å². The zero-order valence-electron chi connectivity index (χ0n) is 32.4. The molecule has 17 heteroatoms. The predicted octanol–water partition coefficient (Wildman–Crippen LogP) is 2.60. The summed E-state index contributed by atoms with van der Waals surface area (Å²) in [6.45, 7) is 9.11. The molecule has 0 aromatic heterocycles. The number of fused-ring (bicyclic) bond motifs is 3. The zero-order chi connectivity index (χ0) is 40.6. The lowest BCUT2D eigenvalue weighted by molar-refractivity contribution is -0.142. The highest BCUT2D eigenvalue weighted by Crippen LogP contribution is 2.46. The molecule has 0 bridgehead atoms. The third kappa shape index (κ3) is 9.26. The van der Waals surface area contributed by atoms with Crippen LogP contribution in [0, 0.1) is 11.7 Å². The molecule has 3 N–H and O–H groups in total. The number of likely N-dealkylation sites (N-methyl/N-ethyl adjacent to an activating group) is 1. The molecular formula is C39H53FN6O9S. The van der Waals surface area contributed by atoms with Gasteiger partial charge in [0.1, 0.15) is 23.5 Å². The molecular weight excluding hydrogens is 748 g/mol. The maximum absolute atomic E-state index is 14.8. The molecule has 3 fully saturated rings. The monoisotopic (exact) mass is 800 g/mol. The lowest BCUT2D eigenvalue weighted by atomic mass is 9.98. The van der Waals surface area contributed by atoms with Gasteiger partial charge in [0.15, 0.2) is 0 Å². The first kappa shape index (κ1) is 41.3. The van der Waals surface area contributed by atoms with Crippen LogP contribution in [0.25, 0.3) is 0 Å². The van der Waals surface area contributed by atoms with E-state index in [-0.39, 0.29) is 51.5 Å². The predicted molar refractivity (Wildman–Crippen MR) is 202 cm³/mol. The van der Waals surface area contributed by atoms with Gasteiger partial charge in [0.2, 0.25) is 27.7 Å². The number of nitrogens with zero attached hydrogens (tertiary/aromatic N) is 3. The minimum Gasteiger partial charge on any atom is -0.444 e. The number of hydrogen-bond donors (Lipinski definition) is 3. The molecule has 0 radical (unpaired) electrons. The molecule has 1 saturated heterocycles. The number of benzene rings is 1. The first-order valence-electron chi connectivity index (χ1n) is 19.3. The molecule has 3 aliphatic heterocycles. The molecule has 1 unspecified atom stereocenters. The summed E-state index contributed by atoms with van der Waals surface area (Å²) >= 11 is 0. The van der Waals surface area contributed by atoms with E-state index in [1.54, 1.807) is 25.3 Å². The molecule has 56 heavy (non-hydrogen) atoms. The quantitative estimate of drug-likeness (QED) is 0.191. The second kappa shape index (κ2) is 16.3. The fraction of sp³-hybridized carbons (Fsp3) is 0.615. The largest absolute Gasteiger partial charge is 0.444 e. The Morgan fingerprint density at radius 1 is 1.14 bits per heavy atom. The molecule has 5 amide bonds. The summed E-state index contributed by atoms with van der Waals surface area (Å²) in [6.07, 6.45) is 5.88. The van der Waals surface area contributed by atoms with E-state index < -0.39 is 86.2 Å². The van der Waals surface area contributed by atoms with E-state index in [2.05, 4.69) is 21.9 Å². The van der Waals surface area contributed by atoms with Gasteiger partial charge in [-0.25, -0.2) is 17.6 Å². The standard InChI is InChI=1S/C39H53FN6O9S/c1-6-33(47)44(5)26-13-9-7-8-12-25-19-39(25,36(50)43-56(52,53)28-15-16-28)42-34(48)32-18-27(21-46(32)35(49)31(17-26)41-23-54-38(2,3)4)55-37(51)45-20-24-11-10-14-30(40)29(24)22-45/h6,8,10-12,14,25-28,31-32,41H,1,7,9,13,15-23H2,2-5H3,(H,42,48)(H,43,50)/b12-8-/t25-,26?,27-,31+,32+,39-/m1/s1. The smallest absolute Gasteiger partial charge is 0.410 e. The van der Waals surface area contributed by atoms with Gasteiger partial charge in [-0.15, -0.1) is 0 Å². The Morgan fingerprint density at radius 2 is 1.89 bits per heavy atom. The number of amides is 5. The molecule has 2 aliphatic carbocycles. The summed E-state index contributed by atoms with van der Waals surface area (Å²) in [7, 11) is -2.30. The minimum atomic E-state index is -3.94. The van der Waals surface area contributed by atoms with Gasteiger partial charge < -0.3 is 24.6 Å². The average Bonchev–Trinajstić information content (AvgIpc) is 4.02. The highest BCUT2D eigenvalue weighted by molar-refractivity contribution is 7.91. The van der Waals surface area contributed by atoms with Gasteiger partial charge >= 0.3 is 6.09 Å². The van der Waals surface area contributed by atoms with Gasteiger partial charge in [-0.3, -0.25) is 34.1 Å². The van der Waals surface area contributed by atoms with Crippen molar-refractivity contribution in [1.82, 2.24) is 30.1 Å². The number of sulfonamides is 1. The Kier molecular flexibility index (Phi) is 12.0. The van der Waals surface area contributed by atoms with Crippen molar-refractivity contribution < 1.29 is 46.3 Å². The summed E-state index contributed by atoms with van der Waals surface area (Å²) < 4.78 is 54.2. The Morgan fingerprint density at radius 3 is 2.57 bits per heavy atom. The minimum absolute atomic E-state index is 0.00543. The SMILES string of the molecule is C=CC(=O)N(C)C1CCC/C=C\[C@@H]2C[C@@]2(C(=O)NS(=O)(=O)C2CC2)NC(=O)[C@@H]2C[C@@H](OC(=O)N3Cc4cccc(F)c4C3)CN2C(=O)[C@@H](NCOC(C)(C)C)C1. The van der Waals surface area contributed by atoms with Crippen molar-refractivity contribution in [3.8, 4) is 0 Å². The van der Waals surface area contributed by atoms with Crippen LogP contribution in [0.4, 0.5) is 9.18 Å². The lowest BCUT2D eigenvalue weighted by Crippen LogP contribution is -2.58. The first-order valence-corrected chi connectivity index (χ1v) is 20.8. The number of ether oxygens (including phenoxy) is 2. The van der Waals surface area contributed by atoms with Crippen LogP contribution < -0.4 is 15.4 Å². The summed E-state index contributed by atoms with van der Waals surface area (Å²) in [5.74, 6) is -3.36. The van der Waals surface area contributed by atoms with Crippen LogP contribution in [0.15, 0.2) is 43.0 Å². The first-order chi connectivity index (χ1) is 26.4. The molecule has 15 nitrogen and oxygen atoms in total. The highest BCUT2D eigenvalue weighted by Gasteiger charge is 2.62. The maximum atomic E-state index is 14.8. The van der Waals surface area contributed by atoms with Gasteiger partial charge in [0.05, 0.1) is 36.7 Å². The topological polar surface area (TPSA) is 184 Å². The van der Waals surface area contributed by atoms with E-state index in [4.69, 9.17) is 9.47 Å². The number of carbonyl (C=O) groups excluding carboxylic acids is 5. The molecule has 6 atom stereocenters. The molecule has 5 aliphatic rings. The van der Waals surface area contributed by atoms with Crippen molar-refractivity contribution in [2.24, 2.45) is 5.92 Å². The van der Waals surface area contributed by atoms with Crippen molar-refractivity contribution >= 4 is 39.7 Å². The third-order valence-corrected chi connectivity index (χ3v) is 13.1. The highest BCUT2D eigenvalue weighted by atomic mass is 32.2.